The van der Waals surface area contributed by atoms with Crippen LogP contribution in [0.3, 0.4) is 0 Å². The number of nitriles is 1. The highest BCUT2D eigenvalue weighted by molar-refractivity contribution is 7.07. The highest BCUT2D eigenvalue weighted by Crippen LogP contribution is 2.14. The van der Waals surface area contributed by atoms with E-state index in [1.807, 2.05) is 68.4 Å². The second-order valence-corrected chi connectivity index (χ2v) is 9.40. The minimum atomic E-state index is -0.580. The van der Waals surface area contributed by atoms with Gasteiger partial charge in [0.05, 0.1) is 10.2 Å². The highest BCUT2D eigenvalue weighted by Gasteiger charge is 2.17. The quantitative estimate of drug-likeness (QED) is 0.380. The zero-order valence-electron chi connectivity index (χ0n) is 20.5. The van der Waals surface area contributed by atoms with Crippen molar-refractivity contribution in [1.82, 2.24) is 4.57 Å². The van der Waals surface area contributed by atoms with Crippen molar-refractivity contribution >= 4 is 34.6 Å². The molecule has 1 N–H and O–H groups in total. The number of hydrogen-bond donors (Lipinski definition) is 1. The standard InChI is InChI=1S/C30H25N3O3S/c1-4-17-36-25-15-9-22(10-16-25)18-27-29(35)33(24-13-7-21(3)8-14-24)30(37-27)26(19-31)28(34)32-23-11-5-20(2)6-12-23/h4-16,18H,1,17H2,2-3H3,(H,32,34)/b27-18-,30-26-. The molecule has 0 radical (unpaired) electrons. The lowest BCUT2D eigenvalue weighted by atomic mass is 10.2. The molecule has 0 unspecified atom stereocenters. The largest absolute Gasteiger partial charge is 0.490 e. The van der Waals surface area contributed by atoms with E-state index in [9.17, 15) is 14.9 Å². The fourth-order valence-corrected chi connectivity index (χ4v) is 4.67. The van der Waals surface area contributed by atoms with Crippen molar-refractivity contribution in [3.63, 3.8) is 0 Å². The molecule has 1 amide bonds. The molecule has 0 saturated carbocycles. The molecule has 3 aromatic carbocycles. The maximum absolute atomic E-state index is 13.6. The maximum atomic E-state index is 13.6. The third-order valence-electron chi connectivity index (χ3n) is 5.52. The fraction of sp³-hybridized carbons (Fsp3) is 0.100. The molecule has 4 aromatic rings. The summed E-state index contributed by atoms with van der Waals surface area (Å²) >= 11 is 1.10. The predicted octanol–water partition coefficient (Wildman–Crippen LogP) is 4.22. The average molecular weight is 508 g/mol. The van der Waals surface area contributed by atoms with E-state index in [0.29, 0.717) is 28.3 Å². The molecular weight excluding hydrogens is 482 g/mol. The van der Waals surface area contributed by atoms with Gasteiger partial charge in [0, 0.05) is 5.69 Å². The molecule has 4 rings (SSSR count). The number of carbonyl (C=O) groups is 1. The van der Waals surface area contributed by atoms with Crippen LogP contribution in [0.2, 0.25) is 0 Å². The number of carbonyl (C=O) groups excluding carboxylic acids is 1. The zero-order chi connectivity index (χ0) is 26.4. The normalized spacial score (nSPS) is 12.0. The Kier molecular flexibility index (Phi) is 7.82. The van der Waals surface area contributed by atoms with Crippen LogP contribution >= 0.6 is 11.3 Å². The van der Waals surface area contributed by atoms with Gasteiger partial charge >= 0.3 is 0 Å². The number of amides is 1. The van der Waals surface area contributed by atoms with Crippen LogP contribution < -0.4 is 24.8 Å². The van der Waals surface area contributed by atoms with Gasteiger partial charge in [0.15, 0.2) is 5.57 Å². The van der Waals surface area contributed by atoms with Crippen molar-refractivity contribution in [3.05, 3.63) is 122 Å². The van der Waals surface area contributed by atoms with Gasteiger partial charge in [0.1, 0.15) is 23.1 Å². The van der Waals surface area contributed by atoms with Gasteiger partial charge in [-0.1, -0.05) is 60.2 Å². The van der Waals surface area contributed by atoms with Crippen molar-refractivity contribution in [3.8, 4) is 17.5 Å². The molecule has 6 nitrogen and oxygen atoms in total. The van der Waals surface area contributed by atoms with Gasteiger partial charge in [-0.05, 0) is 61.9 Å². The van der Waals surface area contributed by atoms with Crippen LogP contribution in [0.25, 0.3) is 17.3 Å². The molecule has 1 aromatic heterocycles. The van der Waals surface area contributed by atoms with Gasteiger partial charge in [0.25, 0.3) is 11.5 Å². The Morgan fingerprint density at radius 3 is 2.24 bits per heavy atom. The number of nitrogens with zero attached hydrogens (tertiary/aromatic N) is 2. The lowest BCUT2D eigenvalue weighted by Gasteiger charge is -2.06. The predicted molar refractivity (Wildman–Crippen MR) is 148 cm³/mol. The lowest BCUT2D eigenvalue weighted by Crippen LogP contribution is -2.32. The fourth-order valence-electron chi connectivity index (χ4n) is 3.57. The van der Waals surface area contributed by atoms with E-state index in [2.05, 4.69) is 11.9 Å². The summed E-state index contributed by atoms with van der Waals surface area (Å²) in [7, 11) is 0. The summed E-state index contributed by atoms with van der Waals surface area (Å²) in [6, 6.07) is 24.0. The van der Waals surface area contributed by atoms with E-state index in [1.54, 1.807) is 36.4 Å². The number of hydrogen-bond acceptors (Lipinski definition) is 5. The average Bonchev–Trinajstić information content (AvgIpc) is 3.21. The van der Waals surface area contributed by atoms with Crippen molar-refractivity contribution in [2.45, 2.75) is 13.8 Å². The Hall–Kier alpha value is -4.67. The van der Waals surface area contributed by atoms with Crippen LogP contribution in [0.5, 0.6) is 5.75 Å². The number of ether oxygens (including phenoxy) is 1. The molecule has 37 heavy (non-hydrogen) atoms. The van der Waals surface area contributed by atoms with Crippen LogP contribution in [-0.4, -0.2) is 17.1 Å². The molecule has 0 aliphatic carbocycles. The molecule has 1 heterocycles. The zero-order valence-corrected chi connectivity index (χ0v) is 21.3. The second-order valence-electron chi connectivity index (χ2n) is 8.37. The van der Waals surface area contributed by atoms with E-state index in [4.69, 9.17) is 4.74 Å². The topological polar surface area (TPSA) is 84.1 Å². The van der Waals surface area contributed by atoms with Gasteiger partial charge in [-0.15, -0.1) is 11.3 Å². The van der Waals surface area contributed by atoms with Crippen LogP contribution in [0.15, 0.2) is 90.2 Å². The smallest absolute Gasteiger partial charge is 0.273 e. The van der Waals surface area contributed by atoms with E-state index in [0.717, 1.165) is 28.0 Å². The van der Waals surface area contributed by atoms with Gasteiger partial charge in [-0.2, -0.15) is 5.26 Å². The number of aryl methyl sites for hydroxylation is 2. The molecule has 0 saturated heterocycles. The number of rotatable bonds is 7. The minimum absolute atomic E-state index is 0.143. The Labute approximate surface area is 218 Å². The number of thiazole rings is 1. The molecule has 0 atom stereocenters. The van der Waals surface area contributed by atoms with Gasteiger partial charge in [-0.25, -0.2) is 0 Å². The Balaban J connectivity index is 1.87. The molecule has 7 heteroatoms. The number of aromatic nitrogens is 1. The van der Waals surface area contributed by atoms with Crippen LogP contribution in [-0.2, 0) is 4.79 Å². The summed E-state index contributed by atoms with van der Waals surface area (Å²) in [5.41, 5.74) is 3.55. The first-order valence-electron chi connectivity index (χ1n) is 11.6. The lowest BCUT2D eigenvalue weighted by molar-refractivity contribution is -0.111. The van der Waals surface area contributed by atoms with Gasteiger partial charge in [-0.3, -0.25) is 14.2 Å². The van der Waals surface area contributed by atoms with E-state index in [-0.39, 0.29) is 15.8 Å². The van der Waals surface area contributed by atoms with E-state index < -0.39 is 5.91 Å². The molecule has 0 bridgehead atoms. The van der Waals surface area contributed by atoms with E-state index >= 15 is 0 Å². The highest BCUT2D eigenvalue weighted by atomic mass is 32.1. The van der Waals surface area contributed by atoms with Gasteiger partial charge < -0.3 is 10.1 Å². The van der Waals surface area contributed by atoms with Crippen molar-refractivity contribution in [2.75, 3.05) is 11.9 Å². The first-order valence-corrected chi connectivity index (χ1v) is 12.4. The first kappa shape index (κ1) is 25.4. The first-order chi connectivity index (χ1) is 17.9. The van der Waals surface area contributed by atoms with Crippen LogP contribution in [0, 0.1) is 25.2 Å². The minimum Gasteiger partial charge on any atom is -0.490 e. The molecule has 0 fully saturated rings. The summed E-state index contributed by atoms with van der Waals surface area (Å²) in [6.07, 6.45) is 3.41. The van der Waals surface area contributed by atoms with E-state index in [1.165, 1.54) is 4.57 Å². The Morgan fingerprint density at radius 1 is 1.03 bits per heavy atom. The summed E-state index contributed by atoms with van der Waals surface area (Å²) in [5.74, 6) is 0.109. The van der Waals surface area contributed by atoms with Crippen LogP contribution in [0.4, 0.5) is 5.69 Å². The number of anilines is 1. The van der Waals surface area contributed by atoms with Gasteiger partial charge in [0.2, 0.25) is 0 Å². The summed E-state index contributed by atoms with van der Waals surface area (Å²) in [4.78, 5) is 26.7. The Bertz CT molecular complexity index is 1660. The summed E-state index contributed by atoms with van der Waals surface area (Å²) in [5, 5.41) is 12.8. The third kappa shape index (κ3) is 5.95. The monoisotopic (exact) mass is 507 g/mol. The second kappa shape index (κ2) is 11.4. The molecular formula is C30H25N3O3S. The molecule has 184 valence electrons. The SMILES string of the molecule is C=CCOc1ccc(/C=c2\s/c(=C(/C#N)C(=O)Nc3ccc(C)cc3)n(-c3ccc(C)cc3)c2=O)cc1. The molecule has 0 spiro atoms. The van der Waals surface area contributed by atoms with Crippen LogP contribution in [0.1, 0.15) is 16.7 Å². The number of nitrogens with one attached hydrogen (secondary N) is 1. The van der Waals surface area contributed by atoms with Crippen molar-refractivity contribution in [1.29, 1.82) is 5.26 Å². The third-order valence-corrected chi connectivity index (χ3v) is 6.62. The molecule has 0 aliphatic heterocycles. The summed E-state index contributed by atoms with van der Waals surface area (Å²) in [6.45, 7) is 7.94. The van der Waals surface area contributed by atoms with Crippen molar-refractivity contribution < 1.29 is 9.53 Å². The Morgan fingerprint density at radius 2 is 1.65 bits per heavy atom. The molecule has 0 aliphatic rings. The summed E-state index contributed by atoms with van der Waals surface area (Å²) < 4.78 is 7.60. The van der Waals surface area contributed by atoms with Crippen molar-refractivity contribution in [2.24, 2.45) is 0 Å². The number of benzene rings is 3. The maximum Gasteiger partial charge on any atom is 0.273 e.